The summed E-state index contributed by atoms with van der Waals surface area (Å²) in [5.41, 5.74) is 1.88. The van der Waals surface area contributed by atoms with Crippen molar-refractivity contribution in [3.05, 3.63) is 71.6 Å². The second-order valence-corrected chi connectivity index (χ2v) is 9.03. The molecule has 2 aromatic carbocycles. The molecule has 1 aliphatic carbocycles. The van der Waals surface area contributed by atoms with E-state index in [-0.39, 0.29) is 17.8 Å². The number of carbonyl (C=O) groups excluding carboxylic acids is 1. The summed E-state index contributed by atoms with van der Waals surface area (Å²) in [7, 11) is 0. The average molecular weight is 439 g/mol. The fourth-order valence-electron chi connectivity index (χ4n) is 3.86. The van der Waals surface area contributed by atoms with Crippen LogP contribution in [0.4, 0.5) is 4.39 Å². The second kappa shape index (κ2) is 10.6. The van der Waals surface area contributed by atoms with Crippen LogP contribution in [0.1, 0.15) is 49.3 Å². The largest absolute Gasteiger partial charge is 0.493 e. The molecule has 4 rings (SSSR count). The van der Waals surface area contributed by atoms with Crippen LogP contribution < -0.4 is 10.1 Å². The first-order valence-corrected chi connectivity index (χ1v) is 11.8. The zero-order chi connectivity index (χ0) is 21.5. The molecule has 0 saturated heterocycles. The number of rotatable bonds is 6. The van der Waals surface area contributed by atoms with Crippen LogP contribution in [-0.4, -0.2) is 23.4 Å². The number of carbonyl (C=O) groups is 1. The Balaban J connectivity index is 1.25. The topological polar surface area (TPSA) is 50.7 Å². The van der Waals surface area contributed by atoms with Crippen LogP contribution in [0, 0.1) is 11.7 Å². The first-order chi connectivity index (χ1) is 15.2. The van der Waals surface area contributed by atoms with Crippen LogP contribution in [0.2, 0.25) is 0 Å². The van der Waals surface area contributed by atoms with Gasteiger partial charge in [0.2, 0.25) is 5.91 Å². The van der Waals surface area contributed by atoms with Crippen LogP contribution >= 0.6 is 11.8 Å². The molecule has 1 heterocycles. The summed E-state index contributed by atoms with van der Waals surface area (Å²) >= 11 is 1.49. The summed E-state index contributed by atoms with van der Waals surface area (Å²) in [4.78, 5) is 16.8. The summed E-state index contributed by atoms with van der Waals surface area (Å²) in [5, 5.41) is 3.41. The SMILES string of the molecule is O=C(/C=C/c1ccc(OCC2CCCCC2)cc1)NC1=NC(c2ccc(F)cc2)CS1. The van der Waals surface area contributed by atoms with Crippen LogP contribution in [0.3, 0.4) is 0 Å². The average Bonchev–Trinajstić information content (AvgIpc) is 3.26. The molecule has 0 aromatic heterocycles. The monoisotopic (exact) mass is 438 g/mol. The smallest absolute Gasteiger partial charge is 0.249 e. The summed E-state index contributed by atoms with van der Waals surface area (Å²) in [6, 6.07) is 14.1. The van der Waals surface area contributed by atoms with Gasteiger partial charge in [-0.2, -0.15) is 0 Å². The van der Waals surface area contributed by atoms with Crippen LogP contribution in [0.25, 0.3) is 6.08 Å². The number of thioether (sulfide) groups is 1. The van der Waals surface area contributed by atoms with E-state index < -0.39 is 0 Å². The number of ether oxygens (including phenoxy) is 1. The zero-order valence-corrected chi connectivity index (χ0v) is 18.2. The molecule has 31 heavy (non-hydrogen) atoms. The van der Waals surface area contributed by atoms with Crippen molar-refractivity contribution in [3.8, 4) is 5.75 Å². The normalized spacial score (nSPS) is 19.4. The maximum atomic E-state index is 13.1. The molecule has 2 aromatic rings. The molecule has 4 nitrogen and oxygen atoms in total. The van der Waals surface area contributed by atoms with Crippen molar-refractivity contribution < 1.29 is 13.9 Å². The van der Waals surface area contributed by atoms with Gasteiger partial charge >= 0.3 is 0 Å². The van der Waals surface area contributed by atoms with Crippen molar-refractivity contribution in [1.29, 1.82) is 0 Å². The molecule has 6 heteroatoms. The predicted octanol–water partition coefficient (Wildman–Crippen LogP) is 5.76. The molecule has 1 unspecified atom stereocenters. The van der Waals surface area contributed by atoms with Crippen molar-refractivity contribution in [3.63, 3.8) is 0 Å². The number of benzene rings is 2. The Hall–Kier alpha value is -2.60. The Morgan fingerprint density at radius 1 is 1.10 bits per heavy atom. The standard InChI is InChI=1S/C25H27FN2O2S/c26-21-11-9-20(10-12-21)23-17-31-25(27-23)28-24(29)15-8-18-6-13-22(14-7-18)30-16-19-4-2-1-3-5-19/h6-15,19,23H,1-5,16-17H2,(H,27,28,29)/b15-8+. The second-order valence-electron chi connectivity index (χ2n) is 8.02. The van der Waals surface area contributed by atoms with E-state index in [4.69, 9.17) is 4.74 Å². The lowest BCUT2D eigenvalue weighted by atomic mass is 9.90. The maximum Gasteiger partial charge on any atom is 0.249 e. The van der Waals surface area contributed by atoms with E-state index in [1.165, 1.54) is 62.1 Å². The number of amidine groups is 1. The molecule has 1 saturated carbocycles. The van der Waals surface area contributed by atoms with Gasteiger partial charge in [0.15, 0.2) is 5.17 Å². The molecule has 1 N–H and O–H groups in total. The van der Waals surface area contributed by atoms with E-state index in [0.29, 0.717) is 11.1 Å². The minimum absolute atomic E-state index is 0.0639. The van der Waals surface area contributed by atoms with Crippen molar-refractivity contribution in [2.75, 3.05) is 12.4 Å². The molecule has 1 atom stereocenters. The zero-order valence-electron chi connectivity index (χ0n) is 17.4. The Morgan fingerprint density at radius 2 is 1.84 bits per heavy atom. The van der Waals surface area contributed by atoms with Gasteiger partial charge in [0.05, 0.1) is 12.6 Å². The van der Waals surface area contributed by atoms with Crippen molar-refractivity contribution >= 4 is 28.9 Å². The highest BCUT2D eigenvalue weighted by molar-refractivity contribution is 8.14. The maximum absolute atomic E-state index is 13.1. The van der Waals surface area contributed by atoms with E-state index >= 15 is 0 Å². The van der Waals surface area contributed by atoms with Gasteiger partial charge in [-0.15, -0.1) is 0 Å². The number of hydrogen-bond acceptors (Lipinski definition) is 4. The predicted molar refractivity (Wildman–Crippen MR) is 125 cm³/mol. The van der Waals surface area contributed by atoms with Gasteiger partial charge in [-0.25, -0.2) is 4.39 Å². The first kappa shape index (κ1) is 21.6. The van der Waals surface area contributed by atoms with Crippen LogP contribution in [0.5, 0.6) is 5.75 Å². The number of nitrogens with one attached hydrogen (secondary N) is 1. The molecule has 0 bridgehead atoms. The molecular weight excluding hydrogens is 411 g/mol. The highest BCUT2D eigenvalue weighted by atomic mass is 32.2. The fraction of sp³-hybridized carbons (Fsp3) is 0.360. The Labute approximate surface area is 187 Å². The quantitative estimate of drug-likeness (QED) is 0.584. The highest BCUT2D eigenvalue weighted by Crippen LogP contribution is 2.29. The van der Waals surface area contributed by atoms with Crippen LogP contribution in [0.15, 0.2) is 59.6 Å². The lowest BCUT2D eigenvalue weighted by Crippen LogP contribution is -2.25. The minimum atomic E-state index is -0.263. The molecule has 1 aliphatic heterocycles. The lowest BCUT2D eigenvalue weighted by molar-refractivity contribution is -0.115. The molecule has 0 radical (unpaired) electrons. The third kappa shape index (κ3) is 6.44. The summed E-state index contributed by atoms with van der Waals surface area (Å²) in [5.74, 6) is 1.80. The third-order valence-electron chi connectivity index (χ3n) is 5.65. The number of halogens is 1. The Kier molecular flexibility index (Phi) is 7.41. The Bertz CT molecular complexity index is 935. The van der Waals surface area contributed by atoms with Gasteiger partial charge in [-0.3, -0.25) is 9.79 Å². The molecule has 162 valence electrons. The first-order valence-electron chi connectivity index (χ1n) is 10.8. The summed E-state index contributed by atoms with van der Waals surface area (Å²) in [6.07, 6.45) is 9.81. The molecule has 1 fully saturated rings. The molecular formula is C25H27FN2O2S. The number of amides is 1. The van der Waals surface area contributed by atoms with Crippen LogP contribution in [-0.2, 0) is 4.79 Å². The van der Waals surface area contributed by atoms with Gasteiger partial charge in [0, 0.05) is 11.8 Å². The van der Waals surface area contributed by atoms with E-state index in [2.05, 4.69) is 10.3 Å². The number of aliphatic imine (C=N–C) groups is 1. The van der Waals surface area contributed by atoms with E-state index in [1.54, 1.807) is 18.2 Å². The van der Waals surface area contributed by atoms with Gasteiger partial charge in [-0.05, 0) is 60.2 Å². The fourth-order valence-corrected chi connectivity index (χ4v) is 4.82. The van der Waals surface area contributed by atoms with Gasteiger partial charge in [-0.1, -0.05) is 55.3 Å². The highest BCUT2D eigenvalue weighted by Gasteiger charge is 2.20. The van der Waals surface area contributed by atoms with Crippen molar-refractivity contribution in [2.45, 2.75) is 38.1 Å². The Morgan fingerprint density at radius 3 is 2.58 bits per heavy atom. The van der Waals surface area contributed by atoms with Gasteiger partial charge in [0.1, 0.15) is 11.6 Å². The minimum Gasteiger partial charge on any atom is -0.493 e. The lowest BCUT2D eigenvalue weighted by Gasteiger charge is -2.21. The summed E-state index contributed by atoms with van der Waals surface area (Å²) in [6.45, 7) is 0.788. The van der Waals surface area contributed by atoms with Gasteiger partial charge in [0.25, 0.3) is 0 Å². The molecule has 2 aliphatic rings. The number of nitrogens with zero attached hydrogens (tertiary/aromatic N) is 1. The number of hydrogen-bond donors (Lipinski definition) is 1. The van der Waals surface area contributed by atoms with Gasteiger partial charge < -0.3 is 10.1 Å². The third-order valence-corrected chi connectivity index (χ3v) is 6.62. The summed E-state index contributed by atoms with van der Waals surface area (Å²) < 4.78 is 19.0. The van der Waals surface area contributed by atoms with E-state index in [9.17, 15) is 9.18 Å². The van der Waals surface area contributed by atoms with Crippen molar-refractivity contribution in [2.24, 2.45) is 10.9 Å². The van der Waals surface area contributed by atoms with E-state index in [0.717, 1.165) is 29.2 Å². The van der Waals surface area contributed by atoms with Crippen molar-refractivity contribution in [1.82, 2.24) is 5.32 Å². The molecule has 1 amide bonds. The van der Waals surface area contributed by atoms with E-state index in [1.807, 2.05) is 24.3 Å². The molecule has 0 spiro atoms.